The highest BCUT2D eigenvalue weighted by molar-refractivity contribution is 6.31. The van der Waals surface area contributed by atoms with Crippen molar-refractivity contribution in [2.24, 2.45) is 0 Å². The van der Waals surface area contributed by atoms with Gasteiger partial charge in [0.1, 0.15) is 5.38 Å². The van der Waals surface area contributed by atoms with Crippen LogP contribution in [0.5, 0.6) is 0 Å². The number of Topliss-reactive ketones (excluding diaryl/α,β-unsaturated/α-hetero) is 1. The number of carbonyl (C=O) groups is 1. The molecule has 0 bridgehead atoms. The minimum Gasteiger partial charge on any atom is -0.298 e. The van der Waals surface area contributed by atoms with Crippen molar-refractivity contribution in [1.29, 1.82) is 0 Å². The van der Waals surface area contributed by atoms with Gasteiger partial charge in [-0.3, -0.25) is 4.79 Å². The van der Waals surface area contributed by atoms with E-state index in [-0.39, 0.29) is 17.2 Å². The van der Waals surface area contributed by atoms with Crippen LogP contribution in [0.2, 0.25) is 0 Å². The molecule has 1 unspecified atom stereocenters. The summed E-state index contributed by atoms with van der Waals surface area (Å²) >= 11 is 11.5. The minimum absolute atomic E-state index is 0.134. The third-order valence-corrected chi connectivity index (χ3v) is 3.03. The Labute approximate surface area is 102 Å². The molecule has 1 rings (SSSR count). The van der Waals surface area contributed by atoms with E-state index in [4.69, 9.17) is 23.2 Å². The van der Waals surface area contributed by atoms with E-state index in [1.807, 2.05) is 0 Å². The van der Waals surface area contributed by atoms with Crippen molar-refractivity contribution in [2.75, 3.05) is 0 Å². The zero-order chi connectivity index (χ0) is 12.3. The second kappa shape index (κ2) is 5.60. The van der Waals surface area contributed by atoms with E-state index in [0.29, 0.717) is 11.1 Å². The molecule has 0 aliphatic rings. The minimum atomic E-state index is -2.58. The average molecular weight is 267 g/mol. The molecule has 0 saturated carbocycles. The fourth-order valence-corrected chi connectivity index (χ4v) is 1.77. The molecule has 0 spiro atoms. The Morgan fingerprint density at radius 1 is 1.44 bits per heavy atom. The second-order valence-corrected chi connectivity index (χ2v) is 4.07. The molecule has 0 aliphatic carbocycles. The topological polar surface area (TPSA) is 17.1 Å². The van der Waals surface area contributed by atoms with Gasteiger partial charge in [-0.2, -0.15) is 0 Å². The summed E-state index contributed by atoms with van der Waals surface area (Å²) in [5.41, 5.74) is 0.805. The molecule has 0 radical (unpaired) electrons. The maximum Gasteiger partial charge on any atom is 0.263 e. The average Bonchev–Trinajstić information content (AvgIpc) is 2.26. The molecule has 0 fully saturated rings. The summed E-state index contributed by atoms with van der Waals surface area (Å²) in [5, 5.41) is -0.924. The first-order chi connectivity index (χ1) is 7.47. The lowest BCUT2D eigenvalue weighted by Gasteiger charge is -2.12. The number of hydrogen-bond acceptors (Lipinski definition) is 1. The summed E-state index contributed by atoms with van der Waals surface area (Å²) in [4.78, 5) is 11.1. The second-order valence-electron chi connectivity index (χ2n) is 3.37. The molecule has 0 saturated heterocycles. The highest BCUT2D eigenvalue weighted by Gasteiger charge is 2.19. The third kappa shape index (κ3) is 2.92. The summed E-state index contributed by atoms with van der Waals surface area (Å²) in [6.45, 7) is 1.31. The molecule has 5 heteroatoms. The van der Waals surface area contributed by atoms with Gasteiger partial charge in [0.25, 0.3) is 6.43 Å². The van der Waals surface area contributed by atoms with Crippen molar-refractivity contribution in [3.63, 3.8) is 0 Å². The maximum atomic E-state index is 12.5. The van der Waals surface area contributed by atoms with Gasteiger partial charge >= 0.3 is 0 Å². The van der Waals surface area contributed by atoms with Gasteiger partial charge in [-0.05, 0) is 24.1 Å². The zero-order valence-electron chi connectivity index (χ0n) is 8.51. The normalized spacial score (nSPS) is 12.9. The van der Waals surface area contributed by atoms with E-state index in [1.165, 1.54) is 25.1 Å². The monoisotopic (exact) mass is 266 g/mol. The Morgan fingerprint density at radius 2 is 2.06 bits per heavy atom. The van der Waals surface area contributed by atoms with Gasteiger partial charge in [0.05, 0.1) is 0 Å². The lowest BCUT2D eigenvalue weighted by Crippen LogP contribution is -2.05. The smallest absolute Gasteiger partial charge is 0.263 e. The molecule has 88 valence electrons. The molecule has 0 N–H and O–H groups in total. The maximum absolute atomic E-state index is 12.5. The molecule has 1 nitrogen and oxygen atoms in total. The fraction of sp³-hybridized carbons (Fsp3) is 0.364. The predicted molar refractivity (Wildman–Crippen MR) is 60.2 cm³/mol. The van der Waals surface area contributed by atoms with Gasteiger partial charge in [-0.15, -0.1) is 23.2 Å². The Bertz CT molecular complexity index is 394. The van der Waals surface area contributed by atoms with E-state index in [2.05, 4.69) is 0 Å². The van der Waals surface area contributed by atoms with Gasteiger partial charge in [0.2, 0.25) is 0 Å². The molecule has 0 heterocycles. The van der Waals surface area contributed by atoms with E-state index in [9.17, 15) is 13.6 Å². The lowest BCUT2D eigenvalue weighted by atomic mass is 10.0. The molecule has 1 aromatic carbocycles. The largest absolute Gasteiger partial charge is 0.298 e. The standard InChI is InChI=1S/C11H10Cl2F2O/c1-6(16)10(13)9-4-7(11(14)15)2-3-8(9)5-12/h2-4,10-11H,5H2,1H3. The molecule has 16 heavy (non-hydrogen) atoms. The summed E-state index contributed by atoms with van der Waals surface area (Å²) in [6.07, 6.45) is -2.58. The quantitative estimate of drug-likeness (QED) is 0.746. The first-order valence-electron chi connectivity index (χ1n) is 4.58. The summed E-state index contributed by atoms with van der Waals surface area (Å²) < 4.78 is 25.0. The predicted octanol–water partition coefficient (Wildman–Crippen LogP) is 4.23. The van der Waals surface area contributed by atoms with Crippen molar-refractivity contribution >= 4 is 29.0 Å². The van der Waals surface area contributed by atoms with Crippen LogP contribution >= 0.6 is 23.2 Å². The molecular formula is C11H10Cl2F2O. The molecule has 0 amide bonds. The summed E-state index contributed by atoms with van der Waals surface area (Å²) in [5.74, 6) is -0.158. The number of rotatable bonds is 4. The number of ketones is 1. The summed E-state index contributed by atoms with van der Waals surface area (Å²) in [7, 11) is 0. The van der Waals surface area contributed by atoms with Gasteiger partial charge < -0.3 is 0 Å². The van der Waals surface area contributed by atoms with Gasteiger partial charge in [0.15, 0.2) is 5.78 Å². The van der Waals surface area contributed by atoms with E-state index >= 15 is 0 Å². The van der Waals surface area contributed by atoms with Crippen LogP contribution in [0.4, 0.5) is 8.78 Å². The van der Waals surface area contributed by atoms with Gasteiger partial charge in [0, 0.05) is 11.4 Å². The highest BCUT2D eigenvalue weighted by atomic mass is 35.5. The van der Waals surface area contributed by atoms with Crippen LogP contribution in [-0.4, -0.2) is 5.78 Å². The van der Waals surface area contributed by atoms with Crippen LogP contribution in [0.25, 0.3) is 0 Å². The number of benzene rings is 1. The third-order valence-electron chi connectivity index (χ3n) is 2.20. The SMILES string of the molecule is CC(=O)C(Cl)c1cc(C(F)F)ccc1CCl. The van der Waals surface area contributed by atoms with Gasteiger partial charge in [-0.1, -0.05) is 12.1 Å². The van der Waals surface area contributed by atoms with Gasteiger partial charge in [-0.25, -0.2) is 8.78 Å². The van der Waals surface area contributed by atoms with Crippen LogP contribution in [0.1, 0.15) is 35.4 Å². The summed E-state index contributed by atoms with van der Waals surface area (Å²) in [6, 6.07) is 4.00. The number of hydrogen-bond donors (Lipinski definition) is 0. The molecule has 1 atom stereocenters. The molecular weight excluding hydrogens is 257 g/mol. The first kappa shape index (κ1) is 13.4. The van der Waals surface area contributed by atoms with Crippen molar-refractivity contribution in [1.82, 2.24) is 0 Å². The molecule has 0 aromatic heterocycles. The molecule has 0 aliphatic heterocycles. The zero-order valence-corrected chi connectivity index (χ0v) is 10.0. The number of alkyl halides is 4. The Hall–Kier alpha value is -0.670. The van der Waals surface area contributed by atoms with E-state index in [1.54, 1.807) is 0 Å². The Morgan fingerprint density at radius 3 is 2.50 bits per heavy atom. The lowest BCUT2D eigenvalue weighted by molar-refractivity contribution is -0.116. The number of halogens is 4. The van der Waals surface area contributed by atoms with E-state index < -0.39 is 11.8 Å². The van der Waals surface area contributed by atoms with Crippen molar-refractivity contribution in [2.45, 2.75) is 24.6 Å². The van der Waals surface area contributed by atoms with Crippen molar-refractivity contribution < 1.29 is 13.6 Å². The number of carbonyl (C=O) groups excluding carboxylic acids is 1. The highest BCUT2D eigenvalue weighted by Crippen LogP contribution is 2.30. The van der Waals surface area contributed by atoms with Crippen LogP contribution < -0.4 is 0 Å². The van der Waals surface area contributed by atoms with Crippen molar-refractivity contribution in [3.05, 3.63) is 34.9 Å². The van der Waals surface area contributed by atoms with Crippen molar-refractivity contribution in [3.8, 4) is 0 Å². The van der Waals surface area contributed by atoms with Crippen LogP contribution in [-0.2, 0) is 10.7 Å². The fourth-order valence-electron chi connectivity index (χ4n) is 1.33. The van der Waals surface area contributed by atoms with Crippen LogP contribution in [0.3, 0.4) is 0 Å². The molecule has 1 aromatic rings. The first-order valence-corrected chi connectivity index (χ1v) is 5.55. The van der Waals surface area contributed by atoms with E-state index in [0.717, 1.165) is 0 Å². The Kier molecular flexibility index (Phi) is 4.69. The van der Waals surface area contributed by atoms with Crippen LogP contribution in [0.15, 0.2) is 18.2 Å². The van der Waals surface area contributed by atoms with Crippen LogP contribution in [0, 0.1) is 0 Å². The Balaban J connectivity index is 3.21.